The van der Waals surface area contributed by atoms with Crippen LogP contribution in [0.5, 0.6) is 5.75 Å². The van der Waals surface area contributed by atoms with Crippen LogP contribution in [-0.4, -0.2) is 11.8 Å². The normalized spacial score (nSPS) is 14.6. The first-order valence-electron chi connectivity index (χ1n) is 9.03. The Morgan fingerprint density at radius 1 is 1.04 bits per heavy atom. The molecule has 1 aliphatic carbocycles. The van der Waals surface area contributed by atoms with Crippen molar-refractivity contribution < 1.29 is 14.3 Å². The maximum absolute atomic E-state index is 12.2. The molecule has 134 valence electrons. The zero-order valence-corrected chi connectivity index (χ0v) is 15.5. The Labute approximate surface area is 154 Å². The molecular weight excluding hydrogens is 324 g/mol. The largest absolute Gasteiger partial charge is 0.426 e. The number of aryl methyl sites for hydroxylation is 1. The summed E-state index contributed by atoms with van der Waals surface area (Å²) in [7, 11) is 0. The van der Waals surface area contributed by atoms with E-state index in [1.54, 1.807) is 6.92 Å². The summed E-state index contributed by atoms with van der Waals surface area (Å²) in [6.45, 7) is 5.58. The van der Waals surface area contributed by atoms with Gasteiger partial charge >= 0.3 is 5.97 Å². The van der Waals surface area contributed by atoms with Gasteiger partial charge in [0, 0.05) is 12.0 Å². The summed E-state index contributed by atoms with van der Waals surface area (Å²) in [5.41, 5.74) is 4.90. The first-order chi connectivity index (χ1) is 12.5. The zero-order chi connectivity index (χ0) is 18.7. The summed E-state index contributed by atoms with van der Waals surface area (Å²) in [5, 5.41) is 0. The van der Waals surface area contributed by atoms with Crippen LogP contribution in [0.1, 0.15) is 43.4 Å². The van der Waals surface area contributed by atoms with Crippen molar-refractivity contribution in [1.29, 1.82) is 0 Å². The third kappa shape index (κ3) is 4.29. The van der Waals surface area contributed by atoms with E-state index in [0.717, 1.165) is 40.7 Å². The number of esters is 1. The number of rotatable bonds is 6. The molecule has 0 heterocycles. The van der Waals surface area contributed by atoms with E-state index in [4.69, 9.17) is 4.74 Å². The van der Waals surface area contributed by atoms with Crippen LogP contribution < -0.4 is 4.74 Å². The number of carbonyl (C=O) groups excluding carboxylic acids is 2. The summed E-state index contributed by atoms with van der Waals surface area (Å²) in [6, 6.07) is 15.6. The molecule has 1 fully saturated rings. The molecule has 26 heavy (non-hydrogen) atoms. The summed E-state index contributed by atoms with van der Waals surface area (Å²) in [6.07, 6.45) is 2.47. The molecule has 3 heteroatoms. The molecule has 0 spiro atoms. The number of ketones is 1. The molecule has 0 N–H and O–H groups in total. The molecule has 0 bridgehead atoms. The van der Waals surface area contributed by atoms with E-state index in [1.807, 2.05) is 62.4 Å². The molecule has 3 rings (SSSR count). The van der Waals surface area contributed by atoms with Crippen LogP contribution in [0.4, 0.5) is 0 Å². The van der Waals surface area contributed by atoms with Crippen molar-refractivity contribution in [2.24, 2.45) is 5.92 Å². The highest BCUT2D eigenvalue weighted by molar-refractivity contribution is 6.01. The van der Waals surface area contributed by atoms with Gasteiger partial charge in [0.25, 0.3) is 0 Å². The summed E-state index contributed by atoms with van der Waals surface area (Å²) in [4.78, 5) is 24.1. The van der Waals surface area contributed by atoms with Gasteiger partial charge in [-0.2, -0.15) is 0 Å². The highest BCUT2D eigenvalue weighted by atomic mass is 16.5. The molecule has 0 unspecified atom stereocenters. The third-order valence-electron chi connectivity index (χ3n) is 4.83. The summed E-state index contributed by atoms with van der Waals surface area (Å²) < 4.78 is 5.44. The fourth-order valence-electron chi connectivity index (χ4n) is 3.12. The molecule has 1 aliphatic rings. The molecule has 2 aromatic rings. The lowest BCUT2D eigenvalue weighted by Gasteiger charge is -2.14. The molecule has 0 aliphatic heterocycles. The molecule has 0 aromatic heterocycles. The predicted molar refractivity (Wildman–Crippen MR) is 103 cm³/mol. The topological polar surface area (TPSA) is 43.4 Å². The van der Waals surface area contributed by atoms with Crippen LogP contribution in [0, 0.1) is 12.8 Å². The Morgan fingerprint density at radius 3 is 2.31 bits per heavy atom. The van der Waals surface area contributed by atoms with Crippen LogP contribution >= 0.6 is 0 Å². The van der Waals surface area contributed by atoms with E-state index in [1.165, 1.54) is 0 Å². The van der Waals surface area contributed by atoms with E-state index in [2.05, 4.69) is 0 Å². The van der Waals surface area contributed by atoms with Gasteiger partial charge in [0.2, 0.25) is 0 Å². The van der Waals surface area contributed by atoms with Gasteiger partial charge in [0.15, 0.2) is 5.78 Å². The van der Waals surface area contributed by atoms with Gasteiger partial charge in [0.05, 0.1) is 5.92 Å². The molecular formula is C23H24O3. The Morgan fingerprint density at radius 2 is 1.73 bits per heavy atom. The quantitative estimate of drug-likeness (QED) is 0.423. The average molecular weight is 348 g/mol. The van der Waals surface area contributed by atoms with Crippen LogP contribution in [0.2, 0.25) is 0 Å². The zero-order valence-electron chi connectivity index (χ0n) is 15.5. The monoisotopic (exact) mass is 348 g/mol. The van der Waals surface area contributed by atoms with Gasteiger partial charge < -0.3 is 4.74 Å². The van der Waals surface area contributed by atoms with Crippen molar-refractivity contribution in [3.63, 3.8) is 0 Å². The van der Waals surface area contributed by atoms with Crippen molar-refractivity contribution in [2.75, 3.05) is 0 Å². The van der Waals surface area contributed by atoms with Gasteiger partial charge in [-0.05, 0) is 68.0 Å². The third-order valence-corrected chi connectivity index (χ3v) is 4.83. The highest BCUT2D eigenvalue weighted by Crippen LogP contribution is 2.32. The maximum atomic E-state index is 12.2. The van der Waals surface area contributed by atoms with Crippen molar-refractivity contribution in [1.82, 2.24) is 0 Å². The molecule has 1 saturated carbocycles. The summed E-state index contributed by atoms with van der Waals surface area (Å²) in [5.74, 6) is 0.586. The summed E-state index contributed by atoms with van der Waals surface area (Å²) >= 11 is 0. The first kappa shape index (κ1) is 18.1. The van der Waals surface area contributed by atoms with E-state index < -0.39 is 0 Å². The lowest BCUT2D eigenvalue weighted by molar-refractivity contribution is -0.135. The number of allylic oxidation sites excluding steroid dienone is 2. The van der Waals surface area contributed by atoms with E-state index in [9.17, 15) is 9.59 Å². The maximum Gasteiger partial charge on any atom is 0.314 e. The molecule has 0 amide bonds. The lowest BCUT2D eigenvalue weighted by Crippen LogP contribution is -2.10. The van der Waals surface area contributed by atoms with Crippen LogP contribution in [-0.2, 0) is 16.0 Å². The lowest BCUT2D eigenvalue weighted by atomic mass is 9.91. The number of hydrogen-bond acceptors (Lipinski definition) is 3. The molecule has 3 nitrogen and oxygen atoms in total. The fraction of sp³-hybridized carbons (Fsp3) is 0.304. The van der Waals surface area contributed by atoms with Crippen molar-refractivity contribution >= 4 is 17.3 Å². The second-order valence-corrected chi connectivity index (χ2v) is 6.99. The average Bonchev–Trinajstić information content (AvgIpc) is 3.45. The van der Waals surface area contributed by atoms with Crippen molar-refractivity contribution in [3.05, 3.63) is 70.8 Å². The van der Waals surface area contributed by atoms with Crippen LogP contribution in [0.15, 0.2) is 54.1 Å². The van der Waals surface area contributed by atoms with Gasteiger partial charge in [-0.3, -0.25) is 9.59 Å². The highest BCUT2D eigenvalue weighted by Gasteiger charge is 2.31. The van der Waals surface area contributed by atoms with Gasteiger partial charge in [0.1, 0.15) is 5.75 Å². The molecule has 0 radical (unpaired) electrons. The van der Waals surface area contributed by atoms with E-state index in [-0.39, 0.29) is 17.7 Å². The molecule has 0 saturated heterocycles. The minimum atomic E-state index is -0.141. The van der Waals surface area contributed by atoms with Gasteiger partial charge in [-0.1, -0.05) is 36.4 Å². The fourth-order valence-corrected chi connectivity index (χ4v) is 3.12. The Bertz CT molecular complexity index is 858. The SMILES string of the molecule is CC(=O)/C(Cc1ccccc1)=C(/C)c1ccc(OC(=O)C2CC2)cc1C. The van der Waals surface area contributed by atoms with Gasteiger partial charge in [-0.15, -0.1) is 0 Å². The minimum absolute atomic E-state index is 0.0757. The number of ether oxygens (including phenoxy) is 1. The molecule has 0 atom stereocenters. The van der Waals surface area contributed by atoms with Crippen molar-refractivity contribution in [3.8, 4) is 5.75 Å². The van der Waals surface area contributed by atoms with Crippen LogP contribution in [0.3, 0.4) is 0 Å². The second-order valence-electron chi connectivity index (χ2n) is 6.99. The smallest absolute Gasteiger partial charge is 0.314 e. The number of hydrogen-bond donors (Lipinski definition) is 0. The minimum Gasteiger partial charge on any atom is -0.426 e. The molecule has 2 aromatic carbocycles. The Hall–Kier alpha value is -2.68. The second kappa shape index (κ2) is 7.69. The van der Waals surface area contributed by atoms with Crippen LogP contribution in [0.25, 0.3) is 5.57 Å². The Kier molecular flexibility index (Phi) is 5.36. The standard InChI is InChI=1S/C23H24O3/c1-15-13-20(26-23(25)19-9-10-19)11-12-21(15)16(2)22(17(3)24)14-18-7-5-4-6-8-18/h4-8,11-13,19H,9-10,14H2,1-3H3/b22-16-. The van der Waals surface area contributed by atoms with Crippen molar-refractivity contribution in [2.45, 2.75) is 40.0 Å². The van der Waals surface area contributed by atoms with E-state index in [0.29, 0.717) is 12.2 Å². The Balaban J connectivity index is 1.87. The number of carbonyl (C=O) groups is 2. The number of Topliss-reactive ketones (excluding diaryl/α,β-unsaturated/α-hetero) is 1. The first-order valence-corrected chi connectivity index (χ1v) is 9.03. The van der Waals surface area contributed by atoms with E-state index >= 15 is 0 Å². The predicted octanol–water partition coefficient (Wildman–Crippen LogP) is 4.92. The number of benzene rings is 2. The van der Waals surface area contributed by atoms with Gasteiger partial charge in [-0.25, -0.2) is 0 Å².